The monoisotopic (exact) mass is 503 g/mol. The van der Waals surface area contributed by atoms with Crippen LogP contribution >= 0.6 is 0 Å². The highest BCUT2D eigenvalue weighted by atomic mass is 19.4. The summed E-state index contributed by atoms with van der Waals surface area (Å²) in [7, 11) is 0. The lowest BCUT2D eigenvalue weighted by Gasteiger charge is -2.24. The summed E-state index contributed by atoms with van der Waals surface area (Å²) in [5, 5.41) is 0. The summed E-state index contributed by atoms with van der Waals surface area (Å²) < 4.78 is 89.8. The van der Waals surface area contributed by atoms with Gasteiger partial charge in [-0.2, -0.15) is 26.3 Å². The Kier molecular flexibility index (Phi) is 7.74. The highest BCUT2D eigenvalue weighted by Gasteiger charge is 2.39. The molecule has 1 heterocycles. The highest BCUT2D eigenvalue weighted by Crippen LogP contribution is 2.37. The van der Waals surface area contributed by atoms with Gasteiger partial charge in [-0.05, 0) is 50.1 Å². The lowest BCUT2D eigenvalue weighted by Crippen LogP contribution is -2.35. The average molecular weight is 503 g/mol. The summed E-state index contributed by atoms with van der Waals surface area (Å²) in [4.78, 5) is 14.1. The van der Waals surface area contributed by atoms with Crippen LogP contribution in [0.4, 0.5) is 31.1 Å². The van der Waals surface area contributed by atoms with Crippen molar-refractivity contribution < 1.29 is 40.6 Å². The predicted molar refractivity (Wildman–Crippen MR) is 117 cm³/mol. The molecule has 4 nitrogen and oxygen atoms in total. The van der Waals surface area contributed by atoms with E-state index in [1.165, 1.54) is 0 Å². The van der Waals surface area contributed by atoms with Gasteiger partial charge in [0, 0.05) is 24.9 Å². The number of carbonyl (C=O) groups is 1. The Bertz CT molecular complexity index is 982. The normalized spacial score (nSPS) is 19.2. The second-order valence-electron chi connectivity index (χ2n) is 9.59. The maximum Gasteiger partial charge on any atom is 0.416 e. The molecule has 1 amide bonds. The van der Waals surface area contributed by atoms with Crippen LogP contribution in [0.1, 0.15) is 48.9 Å². The minimum Gasteiger partial charge on any atom is -0.444 e. The molecule has 0 N–H and O–H groups in total. The van der Waals surface area contributed by atoms with E-state index in [1.807, 2.05) is 30.3 Å². The average Bonchev–Trinajstić information content (AvgIpc) is 3.16. The van der Waals surface area contributed by atoms with Crippen LogP contribution in [0, 0.1) is 5.92 Å². The van der Waals surface area contributed by atoms with Crippen LogP contribution in [-0.4, -0.2) is 36.3 Å². The summed E-state index contributed by atoms with van der Waals surface area (Å²) in [6, 6.07) is 10.8. The standard InChI is InChI=1S/C25H27F6NO3/c1-23(2,3)35-22(33)32-12-18(21(13-32)17-7-5-4-6-8-17)15-34-14-16-9-19(24(26,27)28)11-20(10-16)25(29,30)31/h4-11,18,21H,12-15H2,1-3H3/t18-,21?/m0/s1. The Labute approximate surface area is 199 Å². The molecule has 1 fully saturated rings. The molecule has 0 aliphatic carbocycles. The number of likely N-dealkylation sites (tertiary alicyclic amines) is 1. The molecule has 1 aliphatic heterocycles. The van der Waals surface area contributed by atoms with Crippen LogP contribution in [0.15, 0.2) is 48.5 Å². The summed E-state index contributed by atoms with van der Waals surface area (Å²) in [5.41, 5.74) is -2.74. The second kappa shape index (κ2) is 10.1. The third-order valence-corrected chi connectivity index (χ3v) is 5.57. The van der Waals surface area contributed by atoms with Gasteiger partial charge in [-0.25, -0.2) is 4.79 Å². The number of rotatable bonds is 5. The SMILES string of the molecule is CC(C)(C)OC(=O)N1CC(c2ccccc2)[C@H](COCc2cc(C(F)(F)F)cc(C(F)(F)F)c2)C1. The van der Waals surface area contributed by atoms with Crippen molar-refractivity contribution in [2.75, 3.05) is 19.7 Å². The Morgan fingerprint density at radius 2 is 1.49 bits per heavy atom. The number of amides is 1. The molecule has 0 saturated carbocycles. The minimum atomic E-state index is -4.92. The molecule has 1 unspecified atom stereocenters. The van der Waals surface area contributed by atoms with Crippen LogP contribution in [-0.2, 0) is 28.4 Å². The van der Waals surface area contributed by atoms with Crippen LogP contribution in [0.25, 0.3) is 0 Å². The molecule has 0 bridgehead atoms. The van der Waals surface area contributed by atoms with Crippen LogP contribution in [0.2, 0.25) is 0 Å². The van der Waals surface area contributed by atoms with Crippen molar-refractivity contribution in [3.8, 4) is 0 Å². The van der Waals surface area contributed by atoms with Crippen LogP contribution < -0.4 is 0 Å². The lowest BCUT2D eigenvalue weighted by atomic mass is 9.89. The third kappa shape index (κ3) is 7.37. The van der Waals surface area contributed by atoms with E-state index in [4.69, 9.17) is 9.47 Å². The topological polar surface area (TPSA) is 38.8 Å². The van der Waals surface area contributed by atoms with Crippen molar-refractivity contribution in [3.63, 3.8) is 0 Å². The molecule has 3 rings (SSSR count). The zero-order valence-electron chi connectivity index (χ0n) is 19.5. The number of nitrogens with zero attached hydrogens (tertiary/aromatic N) is 1. The molecule has 1 saturated heterocycles. The largest absolute Gasteiger partial charge is 0.444 e. The molecule has 0 spiro atoms. The Morgan fingerprint density at radius 3 is 2.00 bits per heavy atom. The minimum absolute atomic E-state index is 0.0382. The molecule has 2 atom stereocenters. The molecule has 1 aliphatic rings. The van der Waals surface area contributed by atoms with Gasteiger partial charge in [0.25, 0.3) is 0 Å². The van der Waals surface area contributed by atoms with Crippen molar-refractivity contribution in [1.82, 2.24) is 4.90 Å². The molecule has 0 radical (unpaired) electrons. The van der Waals surface area contributed by atoms with Crippen LogP contribution in [0.5, 0.6) is 0 Å². The molecular weight excluding hydrogens is 476 g/mol. The molecule has 2 aromatic rings. The molecule has 35 heavy (non-hydrogen) atoms. The molecule has 192 valence electrons. The van der Waals surface area contributed by atoms with E-state index in [0.29, 0.717) is 18.7 Å². The molecule has 0 aromatic heterocycles. The Hall–Kier alpha value is -2.75. The van der Waals surface area contributed by atoms with E-state index in [2.05, 4.69) is 0 Å². The third-order valence-electron chi connectivity index (χ3n) is 5.57. The van der Waals surface area contributed by atoms with E-state index in [-0.39, 0.29) is 36.6 Å². The van der Waals surface area contributed by atoms with Gasteiger partial charge in [-0.1, -0.05) is 30.3 Å². The van der Waals surface area contributed by atoms with Gasteiger partial charge in [0.2, 0.25) is 0 Å². The summed E-state index contributed by atoms with van der Waals surface area (Å²) in [6.07, 6.45) is -10.3. The van der Waals surface area contributed by atoms with Crippen molar-refractivity contribution in [2.24, 2.45) is 5.92 Å². The summed E-state index contributed by atoms with van der Waals surface area (Å²) >= 11 is 0. The fraction of sp³-hybridized carbons (Fsp3) is 0.480. The number of ether oxygens (including phenoxy) is 2. The van der Waals surface area contributed by atoms with E-state index >= 15 is 0 Å². The number of hydrogen-bond donors (Lipinski definition) is 0. The second-order valence-corrected chi connectivity index (χ2v) is 9.59. The zero-order valence-corrected chi connectivity index (χ0v) is 19.5. The molecular formula is C25H27F6NO3. The van der Waals surface area contributed by atoms with Gasteiger partial charge < -0.3 is 14.4 Å². The summed E-state index contributed by atoms with van der Waals surface area (Å²) in [6.45, 7) is 5.50. The first-order valence-corrected chi connectivity index (χ1v) is 11.0. The predicted octanol–water partition coefficient (Wildman–Crippen LogP) is 6.89. The number of benzene rings is 2. The number of hydrogen-bond acceptors (Lipinski definition) is 3. The molecule has 2 aromatic carbocycles. The van der Waals surface area contributed by atoms with Gasteiger partial charge >= 0.3 is 18.4 Å². The van der Waals surface area contributed by atoms with Crippen molar-refractivity contribution in [1.29, 1.82) is 0 Å². The van der Waals surface area contributed by atoms with Gasteiger partial charge in [0.1, 0.15) is 5.60 Å². The Morgan fingerprint density at radius 1 is 0.914 bits per heavy atom. The fourth-order valence-electron chi connectivity index (χ4n) is 4.02. The quantitative estimate of drug-likeness (QED) is 0.417. The van der Waals surface area contributed by atoms with Gasteiger partial charge in [0.05, 0.1) is 24.3 Å². The number of carbonyl (C=O) groups excluding carboxylic acids is 1. The molecule has 10 heteroatoms. The van der Waals surface area contributed by atoms with Crippen molar-refractivity contribution >= 4 is 6.09 Å². The summed E-state index contributed by atoms with van der Waals surface area (Å²) in [5.74, 6) is -0.353. The zero-order chi connectivity index (χ0) is 26.0. The van der Waals surface area contributed by atoms with E-state index in [0.717, 1.165) is 5.56 Å². The van der Waals surface area contributed by atoms with E-state index in [9.17, 15) is 31.1 Å². The van der Waals surface area contributed by atoms with Crippen molar-refractivity contribution in [2.45, 2.75) is 51.2 Å². The number of alkyl halides is 6. The first kappa shape index (κ1) is 26.8. The van der Waals surface area contributed by atoms with Gasteiger partial charge in [-0.15, -0.1) is 0 Å². The van der Waals surface area contributed by atoms with Gasteiger partial charge in [-0.3, -0.25) is 0 Å². The fourth-order valence-corrected chi connectivity index (χ4v) is 4.02. The first-order valence-electron chi connectivity index (χ1n) is 11.0. The first-order chi connectivity index (χ1) is 16.1. The highest BCUT2D eigenvalue weighted by molar-refractivity contribution is 5.68. The van der Waals surface area contributed by atoms with Gasteiger partial charge in [0.15, 0.2) is 0 Å². The smallest absolute Gasteiger partial charge is 0.416 e. The number of halogens is 6. The maximum atomic E-state index is 13.1. The van der Waals surface area contributed by atoms with E-state index < -0.39 is 41.8 Å². The van der Waals surface area contributed by atoms with E-state index in [1.54, 1.807) is 25.7 Å². The Balaban J connectivity index is 1.75. The van der Waals surface area contributed by atoms with Crippen molar-refractivity contribution in [3.05, 3.63) is 70.8 Å². The van der Waals surface area contributed by atoms with Crippen LogP contribution in [0.3, 0.4) is 0 Å². The lowest BCUT2D eigenvalue weighted by molar-refractivity contribution is -0.143. The maximum absolute atomic E-state index is 13.1.